The Kier molecular flexibility index (Phi) is 4.55. The Hall–Kier alpha value is -3.46. The molecule has 0 amide bonds. The van der Waals surface area contributed by atoms with Gasteiger partial charge in [0.1, 0.15) is 0 Å². The third kappa shape index (κ3) is 3.07. The van der Waals surface area contributed by atoms with Crippen molar-refractivity contribution in [2.24, 2.45) is 5.92 Å². The lowest BCUT2D eigenvalue weighted by molar-refractivity contribution is 0.0939. The number of nitrogens with zero attached hydrogens (tertiary/aromatic N) is 4. The maximum absolute atomic E-state index is 12.0. The van der Waals surface area contributed by atoms with Crippen LogP contribution in [-0.2, 0) is 0 Å². The van der Waals surface area contributed by atoms with Gasteiger partial charge in [-0.25, -0.2) is 4.98 Å². The van der Waals surface area contributed by atoms with Gasteiger partial charge in [-0.05, 0) is 36.8 Å². The maximum atomic E-state index is 12.0. The number of aryl methyl sites for hydroxylation is 1. The van der Waals surface area contributed by atoms with Crippen LogP contribution in [0.1, 0.15) is 35.5 Å². The van der Waals surface area contributed by atoms with Gasteiger partial charge in [0.25, 0.3) is 0 Å². The number of Topliss-reactive ketones (excluding diaryl/α,β-unsaturated/α-hetero) is 1. The fourth-order valence-electron chi connectivity index (χ4n) is 2.71. The van der Waals surface area contributed by atoms with Crippen LogP contribution in [0.15, 0.2) is 42.6 Å². The number of aromatic hydroxyl groups is 1. The van der Waals surface area contributed by atoms with Crippen LogP contribution in [0.2, 0.25) is 0 Å². The summed E-state index contributed by atoms with van der Waals surface area (Å²) in [5.74, 6) is 0.294. The van der Waals surface area contributed by atoms with Crippen molar-refractivity contribution in [3.05, 3.63) is 59.4 Å². The van der Waals surface area contributed by atoms with Crippen molar-refractivity contribution in [3.63, 3.8) is 0 Å². The average molecular weight is 346 g/mol. The number of carbonyl (C=O) groups is 1. The summed E-state index contributed by atoms with van der Waals surface area (Å²) in [7, 11) is 0. The lowest BCUT2D eigenvalue weighted by atomic mass is 10.0. The molecule has 2 aromatic heterocycles. The summed E-state index contributed by atoms with van der Waals surface area (Å²) in [4.78, 5) is 16.3. The topological polar surface area (TPSA) is 91.8 Å². The number of hydrogen-bond acceptors (Lipinski definition) is 5. The van der Waals surface area contributed by atoms with Gasteiger partial charge in [0.15, 0.2) is 11.6 Å². The van der Waals surface area contributed by atoms with Crippen molar-refractivity contribution in [2.45, 2.75) is 20.8 Å². The Bertz CT molecular complexity index is 994. The molecule has 0 atom stereocenters. The van der Waals surface area contributed by atoms with Crippen LogP contribution < -0.4 is 0 Å². The van der Waals surface area contributed by atoms with Crippen molar-refractivity contribution in [1.29, 1.82) is 5.26 Å². The standard InChI is InChI=1S/C20H18N4O2/c1-12(2)19(25)16-8-9-17(22-11-16)24-20(26)18(13(3)23-24)15-6-4-14(10-21)5-7-15/h4-9,11-12,26H,1-3H3. The summed E-state index contributed by atoms with van der Waals surface area (Å²) in [5.41, 5.74) is 3.05. The lowest BCUT2D eigenvalue weighted by Gasteiger charge is -2.06. The van der Waals surface area contributed by atoms with Gasteiger partial charge >= 0.3 is 0 Å². The third-order valence-corrected chi connectivity index (χ3v) is 4.11. The zero-order chi connectivity index (χ0) is 18.8. The van der Waals surface area contributed by atoms with Crippen LogP contribution in [0.4, 0.5) is 0 Å². The summed E-state index contributed by atoms with van der Waals surface area (Å²) in [6.45, 7) is 5.46. The minimum Gasteiger partial charge on any atom is -0.493 e. The fourth-order valence-corrected chi connectivity index (χ4v) is 2.71. The number of aromatic nitrogens is 3. The molecule has 0 spiro atoms. The van der Waals surface area contributed by atoms with Crippen LogP contribution in [0, 0.1) is 24.2 Å². The molecule has 0 aliphatic rings. The molecule has 0 saturated carbocycles. The van der Waals surface area contributed by atoms with Crippen molar-refractivity contribution in [2.75, 3.05) is 0 Å². The molecule has 0 saturated heterocycles. The molecule has 6 heteroatoms. The Morgan fingerprint density at radius 2 is 1.88 bits per heavy atom. The highest BCUT2D eigenvalue weighted by atomic mass is 16.3. The molecule has 2 heterocycles. The Morgan fingerprint density at radius 1 is 1.19 bits per heavy atom. The molecular formula is C20H18N4O2. The molecule has 0 bridgehead atoms. The van der Waals surface area contributed by atoms with Crippen molar-refractivity contribution in [1.82, 2.24) is 14.8 Å². The first-order valence-corrected chi connectivity index (χ1v) is 8.22. The Labute approximate surface area is 151 Å². The molecule has 130 valence electrons. The molecule has 6 nitrogen and oxygen atoms in total. The molecule has 0 unspecified atom stereocenters. The van der Waals surface area contributed by atoms with Gasteiger partial charge in [0.2, 0.25) is 5.88 Å². The van der Waals surface area contributed by atoms with Crippen molar-refractivity contribution >= 4 is 5.78 Å². The summed E-state index contributed by atoms with van der Waals surface area (Å²) in [6.07, 6.45) is 1.50. The van der Waals surface area contributed by atoms with E-state index >= 15 is 0 Å². The van der Waals surface area contributed by atoms with E-state index in [4.69, 9.17) is 5.26 Å². The number of carbonyl (C=O) groups excluding carboxylic acids is 1. The highest BCUT2D eigenvalue weighted by Gasteiger charge is 2.18. The average Bonchev–Trinajstić information content (AvgIpc) is 2.95. The SMILES string of the molecule is Cc1nn(-c2ccc(C(=O)C(C)C)cn2)c(O)c1-c1ccc(C#N)cc1. The van der Waals surface area contributed by atoms with E-state index in [0.29, 0.717) is 28.2 Å². The first-order valence-electron chi connectivity index (χ1n) is 8.22. The number of hydrogen-bond donors (Lipinski definition) is 1. The van der Waals surface area contributed by atoms with E-state index < -0.39 is 0 Å². The van der Waals surface area contributed by atoms with E-state index in [2.05, 4.69) is 16.2 Å². The number of ketones is 1. The smallest absolute Gasteiger partial charge is 0.223 e. The van der Waals surface area contributed by atoms with Gasteiger partial charge in [0, 0.05) is 17.7 Å². The lowest BCUT2D eigenvalue weighted by Crippen LogP contribution is -2.08. The van der Waals surface area contributed by atoms with E-state index in [9.17, 15) is 9.90 Å². The van der Waals surface area contributed by atoms with Gasteiger partial charge in [-0.15, -0.1) is 0 Å². The van der Waals surface area contributed by atoms with E-state index in [1.54, 1.807) is 43.3 Å². The van der Waals surface area contributed by atoms with E-state index in [1.807, 2.05) is 13.8 Å². The fraction of sp³-hybridized carbons (Fsp3) is 0.200. The molecule has 1 N–H and O–H groups in total. The number of rotatable bonds is 4. The van der Waals surface area contributed by atoms with E-state index in [-0.39, 0.29) is 17.6 Å². The summed E-state index contributed by atoms with van der Waals surface area (Å²) in [6, 6.07) is 12.3. The molecular weight excluding hydrogens is 328 g/mol. The highest BCUT2D eigenvalue weighted by molar-refractivity contribution is 5.97. The second-order valence-corrected chi connectivity index (χ2v) is 6.31. The van der Waals surface area contributed by atoms with Crippen LogP contribution in [-0.4, -0.2) is 25.7 Å². The first-order chi connectivity index (χ1) is 12.4. The minimum atomic E-state index is -0.106. The van der Waals surface area contributed by atoms with Crippen LogP contribution in [0.5, 0.6) is 5.88 Å². The third-order valence-electron chi connectivity index (χ3n) is 4.11. The van der Waals surface area contributed by atoms with Crippen LogP contribution in [0.25, 0.3) is 16.9 Å². The molecule has 3 rings (SSSR count). The molecule has 1 aromatic carbocycles. The summed E-state index contributed by atoms with van der Waals surface area (Å²) >= 11 is 0. The highest BCUT2D eigenvalue weighted by Crippen LogP contribution is 2.33. The quantitative estimate of drug-likeness (QED) is 0.728. The van der Waals surface area contributed by atoms with Crippen LogP contribution >= 0.6 is 0 Å². The van der Waals surface area contributed by atoms with Gasteiger partial charge in [-0.2, -0.15) is 15.0 Å². The largest absolute Gasteiger partial charge is 0.493 e. The monoisotopic (exact) mass is 346 g/mol. The molecule has 0 aliphatic carbocycles. The molecule has 0 fully saturated rings. The summed E-state index contributed by atoms with van der Waals surface area (Å²) < 4.78 is 1.34. The van der Waals surface area contributed by atoms with Crippen molar-refractivity contribution < 1.29 is 9.90 Å². The predicted molar refractivity (Wildman–Crippen MR) is 97.1 cm³/mol. The molecule has 26 heavy (non-hydrogen) atoms. The Morgan fingerprint density at radius 3 is 2.42 bits per heavy atom. The second-order valence-electron chi connectivity index (χ2n) is 6.31. The van der Waals surface area contributed by atoms with E-state index in [1.165, 1.54) is 10.9 Å². The van der Waals surface area contributed by atoms with Gasteiger partial charge in [-0.1, -0.05) is 26.0 Å². The normalized spacial score (nSPS) is 10.7. The number of benzene rings is 1. The van der Waals surface area contributed by atoms with Crippen LogP contribution in [0.3, 0.4) is 0 Å². The number of pyridine rings is 1. The van der Waals surface area contributed by atoms with Crippen molar-refractivity contribution in [3.8, 4) is 28.9 Å². The molecule has 0 radical (unpaired) electrons. The molecule has 0 aliphatic heterocycles. The zero-order valence-electron chi connectivity index (χ0n) is 14.8. The van der Waals surface area contributed by atoms with Gasteiger partial charge in [0.05, 0.1) is 22.9 Å². The zero-order valence-corrected chi connectivity index (χ0v) is 14.8. The van der Waals surface area contributed by atoms with E-state index in [0.717, 1.165) is 5.56 Å². The van der Waals surface area contributed by atoms with Gasteiger partial charge in [-0.3, -0.25) is 4.79 Å². The summed E-state index contributed by atoms with van der Waals surface area (Å²) in [5, 5.41) is 23.9. The predicted octanol–water partition coefficient (Wildman–Crippen LogP) is 3.66. The Balaban J connectivity index is 2.00. The first kappa shape index (κ1) is 17.4. The molecule has 3 aromatic rings. The second kappa shape index (κ2) is 6.81. The maximum Gasteiger partial charge on any atom is 0.223 e. The van der Waals surface area contributed by atoms with Gasteiger partial charge < -0.3 is 5.11 Å². The number of nitriles is 1. The minimum absolute atomic E-state index is 0.0168.